The second-order valence-corrected chi connectivity index (χ2v) is 6.22. The lowest BCUT2D eigenvalue weighted by Crippen LogP contribution is -1.98. The normalized spacial score (nSPS) is 10.9. The van der Waals surface area contributed by atoms with Crippen molar-refractivity contribution < 1.29 is 8.42 Å². The van der Waals surface area contributed by atoms with Crippen LogP contribution >= 0.6 is 0 Å². The molecule has 0 N–H and O–H groups in total. The fraction of sp³-hybridized carbons (Fsp3) is 0. The Balaban J connectivity index is 2.12. The molecule has 0 saturated heterocycles. The Kier molecular flexibility index (Phi) is 3.47. The fourth-order valence-corrected chi connectivity index (χ4v) is 3.23. The van der Waals surface area contributed by atoms with Gasteiger partial charge in [0.25, 0.3) is 0 Å². The summed E-state index contributed by atoms with van der Waals surface area (Å²) >= 11 is 0. The minimum absolute atomic E-state index is 0.254. The highest BCUT2D eigenvalue weighted by Crippen LogP contribution is 2.23. The maximum Gasteiger partial charge on any atom is 0.246 e. The van der Waals surface area contributed by atoms with Gasteiger partial charge in [-0.15, -0.1) is 0 Å². The van der Waals surface area contributed by atoms with E-state index in [1.54, 1.807) is 30.3 Å². The molecule has 3 heteroatoms. The van der Waals surface area contributed by atoms with Crippen LogP contribution in [-0.2, 0) is 9.84 Å². The molecule has 102 valence electrons. The molecule has 0 saturated carbocycles. The number of fused-ring (bicyclic) bond motifs is 1. The Labute approximate surface area is 124 Å². The van der Waals surface area contributed by atoms with Crippen molar-refractivity contribution in [2.75, 3.05) is 0 Å². The van der Waals surface area contributed by atoms with Crippen LogP contribution in [0.2, 0.25) is 0 Å². The van der Waals surface area contributed by atoms with Crippen molar-refractivity contribution in [3.8, 4) is 11.2 Å². The molecule has 0 bridgehead atoms. The quantitative estimate of drug-likeness (QED) is 0.642. The molecule has 2 nitrogen and oxygen atoms in total. The van der Waals surface area contributed by atoms with Gasteiger partial charge >= 0.3 is 0 Å². The molecule has 21 heavy (non-hydrogen) atoms. The van der Waals surface area contributed by atoms with Crippen LogP contribution in [0, 0.1) is 11.2 Å². The first kappa shape index (κ1) is 13.4. The van der Waals surface area contributed by atoms with Gasteiger partial charge in [-0.2, -0.15) is 0 Å². The highest BCUT2D eigenvalue weighted by molar-refractivity contribution is 7.96. The van der Waals surface area contributed by atoms with Gasteiger partial charge in [-0.05, 0) is 29.5 Å². The zero-order valence-electron chi connectivity index (χ0n) is 11.2. The molecule has 3 aromatic carbocycles. The molecule has 0 unspecified atom stereocenters. The van der Waals surface area contributed by atoms with E-state index in [0.717, 1.165) is 5.39 Å². The number of hydrogen-bond acceptors (Lipinski definition) is 2. The zero-order valence-corrected chi connectivity index (χ0v) is 12.0. The van der Waals surface area contributed by atoms with Gasteiger partial charge < -0.3 is 0 Å². The summed E-state index contributed by atoms with van der Waals surface area (Å²) in [5.74, 6) is 2.71. The van der Waals surface area contributed by atoms with Crippen molar-refractivity contribution in [1.82, 2.24) is 0 Å². The lowest BCUT2D eigenvalue weighted by Gasteiger charge is -2.03. The number of rotatable bonds is 1. The first-order valence-corrected chi connectivity index (χ1v) is 7.96. The van der Waals surface area contributed by atoms with Gasteiger partial charge in [0.05, 0.1) is 4.90 Å². The summed E-state index contributed by atoms with van der Waals surface area (Å²) in [6, 6.07) is 21.7. The second-order valence-electron chi connectivity index (χ2n) is 4.57. The first-order chi connectivity index (χ1) is 10.2. The number of hydrogen-bond donors (Lipinski definition) is 0. The maximum atomic E-state index is 12.4. The Morgan fingerprint density at radius 1 is 0.714 bits per heavy atom. The van der Waals surface area contributed by atoms with Gasteiger partial charge in [0.15, 0.2) is 0 Å². The zero-order chi connectivity index (χ0) is 14.7. The summed E-state index contributed by atoms with van der Waals surface area (Å²) in [5.41, 5.74) is 0.682. The molecule has 0 aliphatic rings. The van der Waals surface area contributed by atoms with Crippen molar-refractivity contribution >= 4 is 20.6 Å². The molecule has 0 amide bonds. The van der Waals surface area contributed by atoms with Crippen LogP contribution in [0.25, 0.3) is 10.8 Å². The molecule has 3 aromatic rings. The third kappa shape index (κ3) is 2.81. The standard InChI is InChI=1S/C18H12O2S/c19-21(20,14-13-15-7-2-1-3-8-15)18-12-6-10-16-9-4-5-11-17(16)18/h1-12H. The Bertz CT molecular complexity index is 941. The molecule has 3 rings (SSSR count). The molecular formula is C18H12O2S. The van der Waals surface area contributed by atoms with Crippen LogP contribution in [-0.4, -0.2) is 8.42 Å². The van der Waals surface area contributed by atoms with E-state index in [1.807, 2.05) is 42.5 Å². The topological polar surface area (TPSA) is 34.1 Å². The van der Waals surface area contributed by atoms with E-state index < -0.39 is 9.84 Å². The highest BCUT2D eigenvalue weighted by Gasteiger charge is 2.14. The van der Waals surface area contributed by atoms with Gasteiger partial charge in [-0.3, -0.25) is 0 Å². The first-order valence-electron chi connectivity index (χ1n) is 6.47. The van der Waals surface area contributed by atoms with E-state index in [2.05, 4.69) is 11.2 Å². The maximum absolute atomic E-state index is 12.4. The van der Waals surface area contributed by atoms with E-state index >= 15 is 0 Å². The van der Waals surface area contributed by atoms with Gasteiger partial charge in [-0.1, -0.05) is 54.6 Å². The SMILES string of the molecule is O=S(=O)(C#Cc1ccccc1)c1cccc2ccccc12. The molecule has 0 aliphatic heterocycles. The summed E-state index contributed by atoms with van der Waals surface area (Å²) < 4.78 is 24.9. The summed E-state index contributed by atoms with van der Waals surface area (Å²) in [6.07, 6.45) is 0. The number of benzene rings is 3. The lowest BCUT2D eigenvalue weighted by molar-refractivity contribution is 0.607. The molecule has 0 atom stereocenters. The van der Waals surface area contributed by atoms with Crippen molar-refractivity contribution in [3.63, 3.8) is 0 Å². The summed E-state index contributed by atoms with van der Waals surface area (Å²) in [6.45, 7) is 0. The van der Waals surface area contributed by atoms with Crippen LogP contribution < -0.4 is 0 Å². The summed E-state index contributed by atoms with van der Waals surface area (Å²) in [5, 5.41) is 3.99. The van der Waals surface area contributed by atoms with E-state index in [4.69, 9.17) is 0 Å². The summed E-state index contributed by atoms with van der Waals surface area (Å²) in [7, 11) is -3.65. The molecule has 0 radical (unpaired) electrons. The van der Waals surface area contributed by atoms with Crippen molar-refractivity contribution in [3.05, 3.63) is 78.4 Å². The Morgan fingerprint density at radius 2 is 1.38 bits per heavy atom. The highest BCUT2D eigenvalue weighted by atomic mass is 32.2. The smallest absolute Gasteiger partial charge is 0.210 e. The number of sulfone groups is 1. The van der Waals surface area contributed by atoms with Crippen LogP contribution in [0.3, 0.4) is 0 Å². The minimum Gasteiger partial charge on any atom is -0.210 e. The van der Waals surface area contributed by atoms with Crippen molar-refractivity contribution in [2.45, 2.75) is 4.90 Å². The van der Waals surface area contributed by atoms with Gasteiger partial charge in [-0.25, -0.2) is 8.42 Å². The average Bonchev–Trinajstić information content (AvgIpc) is 2.53. The molecular weight excluding hydrogens is 280 g/mol. The van der Waals surface area contributed by atoms with Crippen molar-refractivity contribution in [1.29, 1.82) is 0 Å². The Morgan fingerprint density at radius 3 is 2.19 bits per heavy atom. The predicted molar refractivity (Wildman–Crippen MR) is 84.5 cm³/mol. The van der Waals surface area contributed by atoms with Crippen LogP contribution in [0.5, 0.6) is 0 Å². The molecule has 0 heterocycles. The van der Waals surface area contributed by atoms with E-state index in [9.17, 15) is 8.42 Å². The van der Waals surface area contributed by atoms with Crippen molar-refractivity contribution in [2.24, 2.45) is 0 Å². The van der Waals surface area contributed by atoms with Crippen LogP contribution in [0.15, 0.2) is 77.7 Å². The second kappa shape index (κ2) is 5.43. The average molecular weight is 292 g/mol. The van der Waals surface area contributed by atoms with Gasteiger partial charge in [0.1, 0.15) is 0 Å². The monoisotopic (exact) mass is 292 g/mol. The third-order valence-electron chi connectivity index (χ3n) is 3.14. The Hall–Kier alpha value is -2.57. The largest absolute Gasteiger partial charge is 0.246 e. The predicted octanol–water partition coefficient (Wildman–Crippen LogP) is 3.62. The molecule has 0 aliphatic carbocycles. The van der Waals surface area contributed by atoms with Gasteiger partial charge in [0, 0.05) is 16.2 Å². The lowest BCUT2D eigenvalue weighted by atomic mass is 10.1. The van der Waals surface area contributed by atoms with Gasteiger partial charge in [0.2, 0.25) is 9.84 Å². The molecule has 0 aromatic heterocycles. The summed E-state index contributed by atoms with van der Waals surface area (Å²) in [4.78, 5) is 0.254. The van der Waals surface area contributed by atoms with E-state index in [0.29, 0.717) is 10.9 Å². The van der Waals surface area contributed by atoms with E-state index in [-0.39, 0.29) is 4.90 Å². The fourth-order valence-electron chi connectivity index (χ4n) is 2.13. The molecule has 0 spiro atoms. The minimum atomic E-state index is -3.65. The van der Waals surface area contributed by atoms with Crippen LogP contribution in [0.4, 0.5) is 0 Å². The van der Waals surface area contributed by atoms with Crippen LogP contribution in [0.1, 0.15) is 5.56 Å². The van der Waals surface area contributed by atoms with E-state index in [1.165, 1.54) is 0 Å². The molecule has 0 fully saturated rings. The third-order valence-corrected chi connectivity index (χ3v) is 4.45.